The number of carbonyl (C=O) groups is 2. The van der Waals surface area contributed by atoms with Gasteiger partial charge < -0.3 is 9.47 Å². The second-order valence-electron chi connectivity index (χ2n) is 5.75. The summed E-state index contributed by atoms with van der Waals surface area (Å²) in [5, 5.41) is 0.517. The summed E-state index contributed by atoms with van der Waals surface area (Å²) in [6.45, 7) is 0. The van der Waals surface area contributed by atoms with Crippen molar-refractivity contribution in [2.24, 2.45) is 0 Å². The Kier molecular flexibility index (Phi) is 4.44. The number of hydrogen-bond donors (Lipinski definition) is 0. The van der Waals surface area contributed by atoms with E-state index in [1.54, 1.807) is 54.7 Å². The summed E-state index contributed by atoms with van der Waals surface area (Å²) in [5.74, 6) is -0.0349. The fraction of sp³-hybridized carbons (Fsp3) is 0. The number of esters is 1. The summed E-state index contributed by atoms with van der Waals surface area (Å²) < 4.78 is 11.0. The molecule has 0 unspecified atom stereocenters. The van der Waals surface area contributed by atoms with Gasteiger partial charge in [-0.3, -0.25) is 9.78 Å². The highest BCUT2D eigenvalue weighted by molar-refractivity contribution is 6.32. The third-order valence-electron chi connectivity index (χ3n) is 3.94. The van der Waals surface area contributed by atoms with E-state index in [-0.39, 0.29) is 17.3 Å². The van der Waals surface area contributed by atoms with E-state index in [1.165, 1.54) is 12.3 Å². The first kappa shape index (κ1) is 17.0. The van der Waals surface area contributed by atoms with Crippen molar-refractivity contribution in [3.8, 4) is 11.5 Å². The molecule has 1 aliphatic heterocycles. The number of aromatic nitrogens is 1. The molecule has 0 fully saturated rings. The van der Waals surface area contributed by atoms with Crippen LogP contribution in [0.3, 0.4) is 0 Å². The van der Waals surface area contributed by atoms with E-state index in [4.69, 9.17) is 21.1 Å². The first-order chi connectivity index (χ1) is 13.1. The highest BCUT2D eigenvalue weighted by Crippen LogP contribution is 2.35. The zero-order chi connectivity index (χ0) is 18.8. The van der Waals surface area contributed by atoms with E-state index in [1.807, 2.05) is 6.07 Å². The van der Waals surface area contributed by atoms with E-state index in [0.717, 1.165) is 0 Å². The van der Waals surface area contributed by atoms with Gasteiger partial charge in [-0.05, 0) is 42.0 Å². The second kappa shape index (κ2) is 7.05. The van der Waals surface area contributed by atoms with Gasteiger partial charge in [-0.25, -0.2) is 4.79 Å². The fourth-order valence-corrected chi connectivity index (χ4v) is 2.80. The largest absolute Gasteiger partial charge is 0.452 e. The van der Waals surface area contributed by atoms with Gasteiger partial charge in [0.25, 0.3) is 0 Å². The molecule has 2 heterocycles. The molecule has 0 N–H and O–H groups in total. The minimum Gasteiger partial charge on any atom is -0.452 e. The molecule has 5 nitrogen and oxygen atoms in total. The molecule has 3 aromatic rings. The smallest absolute Gasteiger partial charge is 0.345 e. The molecule has 1 aromatic heterocycles. The Morgan fingerprint density at radius 3 is 2.74 bits per heavy atom. The molecule has 0 atom stereocenters. The van der Waals surface area contributed by atoms with Crippen LogP contribution in [0.25, 0.3) is 6.08 Å². The SMILES string of the molecule is O=C(Oc1ccc2c(c1)O/C(=C\c1ccccc1Cl)C2=O)c1cccnc1. The number of benzene rings is 2. The predicted octanol–water partition coefficient (Wildman–Crippen LogP) is 4.57. The zero-order valence-electron chi connectivity index (χ0n) is 13.9. The lowest BCUT2D eigenvalue weighted by atomic mass is 10.1. The number of carbonyl (C=O) groups excluding carboxylic acids is 2. The van der Waals surface area contributed by atoms with Crippen molar-refractivity contribution in [3.05, 3.63) is 94.5 Å². The molecule has 4 rings (SSSR count). The topological polar surface area (TPSA) is 65.5 Å². The molecule has 2 aromatic carbocycles. The molecule has 0 bridgehead atoms. The number of rotatable bonds is 3. The molecule has 1 aliphatic rings. The number of nitrogens with zero attached hydrogens (tertiary/aromatic N) is 1. The molecule has 27 heavy (non-hydrogen) atoms. The van der Waals surface area contributed by atoms with Crippen LogP contribution in [0.15, 0.2) is 72.8 Å². The van der Waals surface area contributed by atoms with Crippen LogP contribution in [0.4, 0.5) is 0 Å². The lowest BCUT2D eigenvalue weighted by Gasteiger charge is -2.05. The van der Waals surface area contributed by atoms with Crippen molar-refractivity contribution in [2.75, 3.05) is 0 Å². The monoisotopic (exact) mass is 377 g/mol. The Balaban J connectivity index is 1.58. The number of ether oxygens (including phenoxy) is 2. The Morgan fingerprint density at radius 1 is 1.11 bits per heavy atom. The molecule has 132 valence electrons. The molecule has 0 spiro atoms. The van der Waals surface area contributed by atoms with E-state index in [9.17, 15) is 9.59 Å². The zero-order valence-corrected chi connectivity index (χ0v) is 14.6. The van der Waals surface area contributed by atoms with Gasteiger partial charge in [0.2, 0.25) is 5.78 Å². The number of halogens is 1. The van der Waals surface area contributed by atoms with Gasteiger partial charge in [-0.15, -0.1) is 0 Å². The molecule has 0 saturated heterocycles. The van der Waals surface area contributed by atoms with Gasteiger partial charge in [0.05, 0.1) is 11.1 Å². The van der Waals surface area contributed by atoms with Crippen LogP contribution < -0.4 is 9.47 Å². The molecule has 0 radical (unpaired) electrons. The fourth-order valence-electron chi connectivity index (χ4n) is 2.61. The van der Waals surface area contributed by atoms with Crippen molar-refractivity contribution in [2.45, 2.75) is 0 Å². The standard InChI is InChI=1S/C21H12ClNO4/c22-17-6-2-1-4-13(17)10-19-20(24)16-8-7-15(11-18(16)27-19)26-21(25)14-5-3-9-23-12-14/h1-12H/b19-10-. The maximum atomic E-state index is 12.5. The summed E-state index contributed by atoms with van der Waals surface area (Å²) in [6, 6.07) is 15.0. The van der Waals surface area contributed by atoms with Crippen LogP contribution in [-0.4, -0.2) is 16.7 Å². The van der Waals surface area contributed by atoms with E-state index >= 15 is 0 Å². The van der Waals surface area contributed by atoms with E-state index in [0.29, 0.717) is 27.5 Å². The van der Waals surface area contributed by atoms with Crippen molar-refractivity contribution in [1.29, 1.82) is 0 Å². The third-order valence-corrected chi connectivity index (χ3v) is 4.29. The van der Waals surface area contributed by atoms with Crippen molar-refractivity contribution >= 4 is 29.4 Å². The summed E-state index contributed by atoms with van der Waals surface area (Å²) in [6.07, 6.45) is 4.57. The van der Waals surface area contributed by atoms with E-state index < -0.39 is 5.97 Å². The highest BCUT2D eigenvalue weighted by atomic mass is 35.5. The van der Waals surface area contributed by atoms with Crippen LogP contribution in [0.1, 0.15) is 26.3 Å². The number of hydrogen-bond acceptors (Lipinski definition) is 5. The van der Waals surface area contributed by atoms with Crippen molar-refractivity contribution in [1.82, 2.24) is 4.98 Å². The molecular weight excluding hydrogens is 366 g/mol. The van der Waals surface area contributed by atoms with Crippen LogP contribution in [0.5, 0.6) is 11.5 Å². The van der Waals surface area contributed by atoms with Crippen LogP contribution in [0, 0.1) is 0 Å². The summed E-state index contributed by atoms with van der Waals surface area (Å²) in [4.78, 5) is 28.5. The quantitative estimate of drug-likeness (QED) is 0.380. The van der Waals surface area contributed by atoms with Crippen LogP contribution in [-0.2, 0) is 0 Å². The average Bonchev–Trinajstić information content (AvgIpc) is 2.99. The number of pyridine rings is 1. The first-order valence-corrected chi connectivity index (χ1v) is 8.44. The predicted molar refractivity (Wildman–Crippen MR) is 100 cm³/mol. The lowest BCUT2D eigenvalue weighted by Crippen LogP contribution is -2.08. The molecule has 6 heteroatoms. The average molecular weight is 378 g/mol. The summed E-state index contributed by atoms with van der Waals surface area (Å²) >= 11 is 6.13. The summed E-state index contributed by atoms with van der Waals surface area (Å²) in [7, 11) is 0. The Hall–Kier alpha value is -3.44. The van der Waals surface area contributed by atoms with Gasteiger partial charge in [0, 0.05) is 23.5 Å². The maximum Gasteiger partial charge on any atom is 0.345 e. The first-order valence-electron chi connectivity index (χ1n) is 8.07. The second-order valence-corrected chi connectivity index (χ2v) is 6.16. The Bertz CT molecular complexity index is 1080. The van der Waals surface area contributed by atoms with Gasteiger partial charge in [-0.2, -0.15) is 0 Å². The Morgan fingerprint density at radius 2 is 1.96 bits per heavy atom. The maximum absolute atomic E-state index is 12.5. The molecular formula is C21H12ClNO4. The van der Waals surface area contributed by atoms with E-state index in [2.05, 4.69) is 4.98 Å². The third kappa shape index (κ3) is 3.45. The van der Waals surface area contributed by atoms with Gasteiger partial charge in [0.15, 0.2) is 5.76 Å². The number of Topliss-reactive ketones (excluding diaryl/α,β-unsaturated/α-hetero) is 1. The highest BCUT2D eigenvalue weighted by Gasteiger charge is 2.28. The lowest BCUT2D eigenvalue weighted by molar-refractivity contribution is 0.0734. The number of fused-ring (bicyclic) bond motifs is 1. The Labute approximate surface area is 159 Å². The minimum atomic E-state index is -0.542. The van der Waals surface area contributed by atoms with Crippen LogP contribution in [0.2, 0.25) is 5.02 Å². The van der Waals surface area contributed by atoms with Crippen molar-refractivity contribution in [3.63, 3.8) is 0 Å². The normalized spacial score (nSPS) is 14.0. The molecule has 0 amide bonds. The summed E-state index contributed by atoms with van der Waals surface area (Å²) in [5.41, 5.74) is 1.40. The minimum absolute atomic E-state index is 0.161. The van der Waals surface area contributed by atoms with Gasteiger partial charge >= 0.3 is 5.97 Å². The van der Waals surface area contributed by atoms with Gasteiger partial charge in [-0.1, -0.05) is 29.8 Å². The molecule has 0 saturated carbocycles. The molecule has 0 aliphatic carbocycles. The van der Waals surface area contributed by atoms with Crippen molar-refractivity contribution < 1.29 is 19.1 Å². The number of allylic oxidation sites excluding steroid dienone is 1. The number of ketones is 1. The van der Waals surface area contributed by atoms with Crippen LogP contribution >= 0.6 is 11.6 Å². The van der Waals surface area contributed by atoms with Gasteiger partial charge in [0.1, 0.15) is 11.5 Å².